The average Bonchev–Trinajstić information content (AvgIpc) is 3.26. The Labute approximate surface area is 241 Å². The maximum absolute atomic E-state index is 2.41. The summed E-state index contributed by atoms with van der Waals surface area (Å²) in [4.78, 5) is 2.35. The normalized spacial score (nSPS) is 13.4. The molecule has 0 N–H and O–H groups in total. The summed E-state index contributed by atoms with van der Waals surface area (Å²) in [5.41, 5.74) is 10.3. The maximum atomic E-state index is 2.41. The summed E-state index contributed by atoms with van der Waals surface area (Å²) >= 11 is 0. The van der Waals surface area contributed by atoms with E-state index in [9.17, 15) is 0 Å². The van der Waals surface area contributed by atoms with Gasteiger partial charge >= 0.3 is 0 Å². The fraction of sp³-hybridized carbons (Fsp3) is 0.100. The smallest absolute Gasteiger partial charge is 0.0468 e. The predicted octanol–water partition coefficient (Wildman–Crippen LogP) is 11.2. The van der Waals surface area contributed by atoms with Crippen LogP contribution in [0.4, 0.5) is 17.1 Å². The van der Waals surface area contributed by atoms with Crippen LogP contribution in [0.15, 0.2) is 133 Å². The Morgan fingerprint density at radius 3 is 1.78 bits per heavy atom. The summed E-state index contributed by atoms with van der Waals surface area (Å²) < 4.78 is 0. The number of fused-ring (bicyclic) bond motifs is 10. The van der Waals surface area contributed by atoms with E-state index in [1.807, 2.05) is 0 Å². The van der Waals surface area contributed by atoms with E-state index in [0.717, 1.165) is 17.1 Å². The molecule has 0 heterocycles. The number of nitrogens with zero attached hydrogens (tertiary/aromatic N) is 1. The number of anilines is 3. The lowest BCUT2D eigenvalue weighted by Crippen LogP contribution is -2.16. The molecule has 7 aromatic carbocycles. The summed E-state index contributed by atoms with van der Waals surface area (Å²) in [6.07, 6.45) is 0. The molecule has 0 spiro atoms. The molecule has 0 saturated heterocycles. The van der Waals surface area contributed by atoms with Gasteiger partial charge in [0.15, 0.2) is 0 Å². The van der Waals surface area contributed by atoms with E-state index in [1.165, 1.54) is 60.1 Å². The van der Waals surface area contributed by atoms with Crippen molar-refractivity contribution >= 4 is 49.4 Å². The molecule has 196 valence electrons. The lowest BCUT2D eigenvalue weighted by Gasteiger charge is -2.27. The van der Waals surface area contributed by atoms with Gasteiger partial charge in [0, 0.05) is 22.5 Å². The van der Waals surface area contributed by atoms with Crippen LogP contribution in [-0.4, -0.2) is 0 Å². The second-order valence-corrected chi connectivity index (χ2v) is 11.9. The Hall–Kier alpha value is -4.88. The van der Waals surface area contributed by atoms with Gasteiger partial charge in [0.2, 0.25) is 0 Å². The molecule has 0 fully saturated rings. The number of hydrogen-bond acceptors (Lipinski definition) is 1. The van der Waals surface area contributed by atoms with Gasteiger partial charge in [-0.3, -0.25) is 0 Å². The number of aryl methyl sites for hydroxylation is 1. The van der Waals surface area contributed by atoms with Gasteiger partial charge in [-0.05, 0) is 97.9 Å². The van der Waals surface area contributed by atoms with E-state index in [1.54, 1.807) is 0 Å². The first-order chi connectivity index (χ1) is 20.0. The highest BCUT2D eigenvalue weighted by Crippen LogP contribution is 2.56. The van der Waals surface area contributed by atoms with Crippen molar-refractivity contribution in [1.29, 1.82) is 0 Å². The van der Waals surface area contributed by atoms with Crippen LogP contribution in [0.2, 0.25) is 0 Å². The monoisotopic (exact) mass is 525 g/mol. The molecule has 41 heavy (non-hydrogen) atoms. The van der Waals surface area contributed by atoms with Crippen molar-refractivity contribution in [3.63, 3.8) is 0 Å². The standard InChI is InChI=1S/C40H31N/c1-26-17-20-29(21-18-26)41(28-11-5-4-6-12-28)30-22-24-31-27(25-30)19-23-36-37-34-15-9-7-13-32(34)33-14-8-10-16-35(33)39(37)40(2,3)38(31)36/h4-25H,1-3H3. The zero-order chi connectivity index (χ0) is 27.7. The van der Waals surface area contributed by atoms with Gasteiger partial charge in [0.25, 0.3) is 0 Å². The van der Waals surface area contributed by atoms with E-state index < -0.39 is 0 Å². The molecule has 0 saturated carbocycles. The molecule has 0 amide bonds. The molecule has 1 aliphatic rings. The summed E-state index contributed by atoms with van der Waals surface area (Å²) in [6.45, 7) is 6.96. The van der Waals surface area contributed by atoms with Crippen molar-refractivity contribution < 1.29 is 0 Å². The number of benzene rings is 7. The first kappa shape index (κ1) is 24.0. The van der Waals surface area contributed by atoms with Crippen molar-refractivity contribution in [3.8, 4) is 11.1 Å². The highest BCUT2D eigenvalue weighted by atomic mass is 15.1. The lowest BCUT2D eigenvalue weighted by molar-refractivity contribution is 0.672. The lowest BCUT2D eigenvalue weighted by atomic mass is 9.78. The number of hydrogen-bond donors (Lipinski definition) is 0. The minimum atomic E-state index is -0.134. The third-order valence-electron chi connectivity index (χ3n) is 9.02. The highest BCUT2D eigenvalue weighted by molar-refractivity contribution is 6.19. The first-order valence-corrected chi connectivity index (χ1v) is 14.5. The topological polar surface area (TPSA) is 3.24 Å². The Morgan fingerprint density at radius 2 is 1.05 bits per heavy atom. The van der Waals surface area contributed by atoms with Crippen molar-refractivity contribution in [2.45, 2.75) is 26.2 Å². The van der Waals surface area contributed by atoms with E-state index >= 15 is 0 Å². The molecule has 8 rings (SSSR count). The summed E-state index contributed by atoms with van der Waals surface area (Å²) in [5, 5.41) is 7.98. The van der Waals surface area contributed by atoms with E-state index in [-0.39, 0.29) is 5.41 Å². The molecule has 1 heteroatoms. The van der Waals surface area contributed by atoms with Crippen LogP contribution < -0.4 is 4.90 Å². The largest absolute Gasteiger partial charge is 0.310 e. The van der Waals surface area contributed by atoms with Crippen LogP contribution in [-0.2, 0) is 5.41 Å². The van der Waals surface area contributed by atoms with E-state index in [0.29, 0.717) is 0 Å². The molecule has 0 unspecified atom stereocenters. The molecule has 1 aliphatic carbocycles. The molecule has 7 aromatic rings. The Bertz CT molecular complexity index is 2120. The SMILES string of the molecule is Cc1ccc(N(c2ccccc2)c2ccc3c4c(ccc3c2)-c2c(c3ccccc3c3ccccc23)C4(C)C)cc1. The van der Waals surface area contributed by atoms with Crippen LogP contribution in [0.1, 0.15) is 30.5 Å². The predicted molar refractivity (Wildman–Crippen MR) is 176 cm³/mol. The Balaban J connectivity index is 1.38. The van der Waals surface area contributed by atoms with Gasteiger partial charge in [-0.25, -0.2) is 0 Å². The van der Waals surface area contributed by atoms with Crippen molar-refractivity contribution in [1.82, 2.24) is 0 Å². The molecule has 0 bridgehead atoms. The van der Waals surface area contributed by atoms with Gasteiger partial charge < -0.3 is 4.90 Å². The molecule has 0 aliphatic heterocycles. The zero-order valence-corrected chi connectivity index (χ0v) is 23.6. The molecule has 0 atom stereocenters. The van der Waals surface area contributed by atoms with E-state index in [4.69, 9.17) is 0 Å². The van der Waals surface area contributed by atoms with E-state index in [2.05, 4.69) is 159 Å². The highest BCUT2D eigenvalue weighted by Gasteiger charge is 2.39. The quantitative estimate of drug-likeness (QED) is 0.207. The van der Waals surface area contributed by atoms with Gasteiger partial charge in [-0.1, -0.05) is 116 Å². The molecular weight excluding hydrogens is 494 g/mol. The fourth-order valence-electron chi connectivity index (χ4n) is 7.25. The van der Waals surface area contributed by atoms with Gasteiger partial charge in [-0.15, -0.1) is 0 Å². The molecule has 0 radical (unpaired) electrons. The minimum Gasteiger partial charge on any atom is -0.310 e. The minimum absolute atomic E-state index is 0.134. The molecule has 1 nitrogen and oxygen atoms in total. The number of rotatable bonds is 3. The van der Waals surface area contributed by atoms with Crippen molar-refractivity contribution in [2.75, 3.05) is 4.90 Å². The summed E-state index contributed by atoms with van der Waals surface area (Å²) in [5.74, 6) is 0. The van der Waals surface area contributed by atoms with Crippen LogP contribution in [0, 0.1) is 6.92 Å². The van der Waals surface area contributed by atoms with Gasteiger partial charge in [0.1, 0.15) is 0 Å². The second-order valence-electron chi connectivity index (χ2n) is 11.9. The Morgan fingerprint density at radius 1 is 0.463 bits per heavy atom. The molecule has 0 aromatic heterocycles. The molecular formula is C40H31N. The first-order valence-electron chi connectivity index (χ1n) is 14.5. The van der Waals surface area contributed by atoms with Gasteiger partial charge in [-0.2, -0.15) is 0 Å². The number of para-hydroxylation sites is 1. The van der Waals surface area contributed by atoms with Crippen LogP contribution in [0.5, 0.6) is 0 Å². The van der Waals surface area contributed by atoms with Crippen molar-refractivity contribution in [2.24, 2.45) is 0 Å². The zero-order valence-electron chi connectivity index (χ0n) is 23.6. The summed E-state index contributed by atoms with van der Waals surface area (Å²) in [7, 11) is 0. The van der Waals surface area contributed by atoms with Crippen LogP contribution >= 0.6 is 0 Å². The van der Waals surface area contributed by atoms with Gasteiger partial charge in [0.05, 0.1) is 0 Å². The third kappa shape index (κ3) is 3.49. The maximum Gasteiger partial charge on any atom is 0.0468 e. The Kier molecular flexibility index (Phi) is 5.15. The average molecular weight is 526 g/mol. The fourth-order valence-corrected chi connectivity index (χ4v) is 7.25. The van der Waals surface area contributed by atoms with Crippen molar-refractivity contribution in [3.05, 3.63) is 150 Å². The van der Waals surface area contributed by atoms with Crippen LogP contribution in [0.3, 0.4) is 0 Å². The second kappa shape index (κ2) is 8.81. The third-order valence-corrected chi connectivity index (χ3v) is 9.02. The summed E-state index contributed by atoms with van der Waals surface area (Å²) in [6, 6.07) is 49.0. The van der Waals surface area contributed by atoms with Crippen LogP contribution in [0.25, 0.3) is 43.4 Å².